The molecule has 0 amide bonds. The molecule has 0 aliphatic heterocycles. The Balaban J connectivity index is 2.51. The fourth-order valence-electron chi connectivity index (χ4n) is 2.00. The average Bonchev–Trinajstić information content (AvgIpc) is 2.55. The number of benzene rings is 1. The summed E-state index contributed by atoms with van der Waals surface area (Å²) in [5.74, 6) is -0.744. The van der Waals surface area contributed by atoms with Crippen LogP contribution in [0.2, 0.25) is 0 Å². The van der Waals surface area contributed by atoms with Gasteiger partial charge in [-0.05, 0) is 26.0 Å². The molecule has 1 N–H and O–H groups in total. The largest absolute Gasteiger partial charge is 0.465 e. The fraction of sp³-hybridized carbons (Fsp3) is 0.471. The van der Waals surface area contributed by atoms with Crippen molar-refractivity contribution in [3.05, 3.63) is 35.7 Å². The molecule has 0 spiro atoms. The lowest BCUT2D eigenvalue weighted by Gasteiger charge is -2.20. The molecule has 7 heteroatoms. The molecule has 0 heterocycles. The monoisotopic (exact) mass is 333 g/mol. The second kappa shape index (κ2) is 11.0. The maximum atomic E-state index is 11.6. The fourth-order valence-corrected chi connectivity index (χ4v) is 2.00. The van der Waals surface area contributed by atoms with Gasteiger partial charge >= 0.3 is 11.9 Å². The summed E-state index contributed by atoms with van der Waals surface area (Å²) in [6, 6.07) is 7.08. The van der Waals surface area contributed by atoms with E-state index in [0.29, 0.717) is 32.0 Å². The van der Waals surface area contributed by atoms with Gasteiger partial charge in [-0.1, -0.05) is 12.1 Å². The van der Waals surface area contributed by atoms with Gasteiger partial charge in [-0.2, -0.15) is 0 Å². The molecule has 0 atom stereocenters. The van der Waals surface area contributed by atoms with Crippen molar-refractivity contribution >= 4 is 23.3 Å². The van der Waals surface area contributed by atoms with Gasteiger partial charge in [0.25, 0.3) is 0 Å². The van der Waals surface area contributed by atoms with E-state index >= 15 is 0 Å². The van der Waals surface area contributed by atoms with Crippen molar-refractivity contribution in [3.8, 4) is 0 Å². The molecule has 130 valence electrons. The number of hydrogen-bond acceptors (Lipinski definition) is 6. The van der Waals surface area contributed by atoms with Crippen molar-refractivity contribution in [2.45, 2.75) is 13.8 Å². The Bertz CT molecular complexity index is 546. The zero-order chi connectivity index (χ0) is 17.8. The molecule has 0 saturated heterocycles. The van der Waals surface area contributed by atoms with E-state index in [2.05, 4.69) is 10.2 Å². The van der Waals surface area contributed by atoms with Crippen molar-refractivity contribution in [1.29, 1.82) is 0 Å². The summed E-state index contributed by atoms with van der Waals surface area (Å²) in [6.45, 7) is 12.1. The van der Waals surface area contributed by atoms with E-state index in [4.69, 9.17) is 16.0 Å². The van der Waals surface area contributed by atoms with Crippen LogP contribution in [0.15, 0.2) is 24.3 Å². The van der Waals surface area contributed by atoms with E-state index in [-0.39, 0.29) is 25.0 Å². The maximum Gasteiger partial charge on any atom is 0.320 e. The molecule has 1 aromatic carbocycles. The van der Waals surface area contributed by atoms with Gasteiger partial charge in [0.1, 0.15) is 0 Å². The van der Waals surface area contributed by atoms with Crippen LogP contribution in [0.3, 0.4) is 0 Å². The molecule has 7 nitrogen and oxygen atoms in total. The summed E-state index contributed by atoms with van der Waals surface area (Å²) in [5, 5.41) is 3.19. The number of hydrogen-bond donors (Lipinski definition) is 1. The lowest BCUT2D eigenvalue weighted by molar-refractivity contribution is -0.148. The van der Waals surface area contributed by atoms with Crippen LogP contribution in [0.25, 0.3) is 4.85 Å². The third-order valence-electron chi connectivity index (χ3n) is 3.07. The Labute approximate surface area is 142 Å². The van der Waals surface area contributed by atoms with Gasteiger partial charge in [0.15, 0.2) is 5.69 Å². The van der Waals surface area contributed by atoms with E-state index < -0.39 is 0 Å². The summed E-state index contributed by atoms with van der Waals surface area (Å²) >= 11 is 0. The number of rotatable bonds is 10. The number of ether oxygens (including phenoxy) is 2. The molecule has 0 radical (unpaired) electrons. The van der Waals surface area contributed by atoms with Crippen LogP contribution in [-0.2, 0) is 19.1 Å². The Morgan fingerprint density at radius 2 is 1.62 bits per heavy atom. The molecule has 0 unspecified atom stereocenters. The number of anilines is 1. The van der Waals surface area contributed by atoms with Crippen LogP contribution in [-0.4, -0.2) is 56.2 Å². The van der Waals surface area contributed by atoms with Gasteiger partial charge in [0.2, 0.25) is 0 Å². The highest BCUT2D eigenvalue weighted by Crippen LogP contribution is 2.15. The number of carbonyl (C=O) groups excluding carboxylic acids is 2. The first-order chi connectivity index (χ1) is 11.6. The van der Waals surface area contributed by atoms with Gasteiger partial charge in [0.05, 0.1) is 32.9 Å². The Morgan fingerprint density at radius 1 is 1.08 bits per heavy atom. The van der Waals surface area contributed by atoms with Crippen molar-refractivity contribution in [1.82, 2.24) is 4.90 Å². The Kier molecular flexibility index (Phi) is 8.94. The summed E-state index contributed by atoms with van der Waals surface area (Å²) in [5.41, 5.74) is 1.45. The summed E-state index contributed by atoms with van der Waals surface area (Å²) < 4.78 is 9.85. The molecule has 1 rings (SSSR count). The smallest absolute Gasteiger partial charge is 0.320 e. The number of carbonyl (C=O) groups is 2. The minimum absolute atomic E-state index is 0.0327. The van der Waals surface area contributed by atoms with Crippen LogP contribution in [0.4, 0.5) is 11.4 Å². The molecule has 0 aliphatic carbocycles. The lowest BCUT2D eigenvalue weighted by Crippen LogP contribution is -2.39. The highest BCUT2D eigenvalue weighted by atomic mass is 16.5. The first kappa shape index (κ1) is 19.5. The van der Waals surface area contributed by atoms with Gasteiger partial charge in [0, 0.05) is 18.8 Å². The summed E-state index contributed by atoms with van der Waals surface area (Å²) in [6.07, 6.45) is 0. The van der Waals surface area contributed by atoms with Gasteiger partial charge in [-0.25, -0.2) is 4.85 Å². The minimum atomic E-state index is -0.372. The van der Waals surface area contributed by atoms with Gasteiger partial charge in [-0.15, -0.1) is 0 Å². The van der Waals surface area contributed by atoms with Crippen LogP contribution in [0.1, 0.15) is 13.8 Å². The summed E-state index contributed by atoms with van der Waals surface area (Å²) in [7, 11) is 0. The van der Waals surface area contributed by atoms with Crippen molar-refractivity contribution in [2.75, 3.05) is 44.7 Å². The second-order valence-electron chi connectivity index (χ2n) is 4.91. The van der Waals surface area contributed by atoms with E-state index in [1.54, 1.807) is 30.9 Å². The lowest BCUT2D eigenvalue weighted by atomic mass is 10.3. The Morgan fingerprint density at radius 3 is 2.08 bits per heavy atom. The minimum Gasteiger partial charge on any atom is -0.465 e. The first-order valence-corrected chi connectivity index (χ1v) is 7.84. The molecular weight excluding hydrogens is 310 g/mol. The zero-order valence-electron chi connectivity index (χ0n) is 14.1. The van der Waals surface area contributed by atoms with Crippen LogP contribution < -0.4 is 5.32 Å². The van der Waals surface area contributed by atoms with Crippen molar-refractivity contribution < 1.29 is 19.1 Å². The SMILES string of the molecule is [C-]#[N+]c1ccc(NCCN(CC(=O)OCC)CC(=O)OCC)cc1. The molecule has 1 aromatic rings. The molecule has 0 bridgehead atoms. The van der Waals surface area contributed by atoms with E-state index in [0.717, 1.165) is 5.69 Å². The van der Waals surface area contributed by atoms with Gasteiger partial charge < -0.3 is 14.8 Å². The van der Waals surface area contributed by atoms with Crippen LogP contribution in [0.5, 0.6) is 0 Å². The normalized spacial score (nSPS) is 10.1. The van der Waals surface area contributed by atoms with E-state index in [1.165, 1.54) is 0 Å². The first-order valence-electron chi connectivity index (χ1n) is 7.84. The third-order valence-corrected chi connectivity index (χ3v) is 3.07. The highest BCUT2D eigenvalue weighted by molar-refractivity contribution is 5.75. The van der Waals surface area contributed by atoms with Crippen molar-refractivity contribution in [3.63, 3.8) is 0 Å². The third kappa shape index (κ3) is 7.61. The van der Waals surface area contributed by atoms with Crippen LogP contribution in [0, 0.1) is 6.57 Å². The molecular formula is C17H23N3O4. The Hall–Kier alpha value is -2.59. The molecule has 0 aliphatic rings. The molecule has 0 fully saturated rings. The average molecular weight is 333 g/mol. The molecule has 24 heavy (non-hydrogen) atoms. The molecule has 0 aromatic heterocycles. The number of esters is 2. The predicted octanol–water partition coefficient (Wildman–Crippen LogP) is 2.08. The van der Waals surface area contributed by atoms with E-state index in [9.17, 15) is 9.59 Å². The number of nitrogens with zero attached hydrogens (tertiary/aromatic N) is 2. The highest BCUT2D eigenvalue weighted by Gasteiger charge is 2.15. The quantitative estimate of drug-likeness (QED) is 0.522. The maximum absolute atomic E-state index is 11.6. The van der Waals surface area contributed by atoms with Gasteiger partial charge in [-0.3, -0.25) is 14.5 Å². The summed E-state index contributed by atoms with van der Waals surface area (Å²) in [4.78, 5) is 28.3. The van der Waals surface area contributed by atoms with E-state index in [1.807, 2.05) is 12.1 Å². The predicted molar refractivity (Wildman–Crippen MR) is 90.9 cm³/mol. The second-order valence-corrected chi connectivity index (χ2v) is 4.91. The number of nitrogens with one attached hydrogen (secondary N) is 1. The standard InChI is InChI=1S/C17H23N3O4/c1-4-23-16(21)12-20(13-17(22)24-5-2)11-10-19-15-8-6-14(18-3)7-9-15/h6-9,19H,4-5,10-13H2,1-2H3. The zero-order valence-corrected chi connectivity index (χ0v) is 14.1. The van der Waals surface area contributed by atoms with Crippen LogP contribution >= 0.6 is 0 Å². The molecule has 0 saturated carbocycles. The van der Waals surface area contributed by atoms with Crippen molar-refractivity contribution in [2.24, 2.45) is 0 Å². The topological polar surface area (TPSA) is 72.2 Å².